The van der Waals surface area contributed by atoms with Gasteiger partial charge in [0, 0.05) is 31.7 Å². The Morgan fingerprint density at radius 2 is 1.81 bits per heavy atom. The fourth-order valence-corrected chi connectivity index (χ4v) is 2.27. The van der Waals surface area contributed by atoms with Crippen molar-refractivity contribution in [2.75, 3.05) is 24.3 Å². The average Bonchev–Trinajstić information content (AvgIpc) is 2.68. The number of hydrogen-bond acceptors (Lipinski definition) is 6. The van der Waals surface area contributed by atoms with Crippen molar-refractivity contribution in [1.29, 1.82) is 0 Å². The molecule has 2 N–H and O–H groups in total. The highest BCUT2D eigenvalue weighted by Gasteiger charge is 2.08. The fraction of sp³-hybridized carbons (Fsp3) is 0.158. The second-order valence-corrected chi connectivity index (χ2v) is 5.87. The van der Waals surface area contributed by atoms with E-state index in [-0.39, 0.29) is 11.6 Å². The molecule has 7 heteroatoms. The minimum Gasteiger partial charge on any atom is -0.378 e. The van der Waals surface area contributed by atoms with Crippen LogP contribution < -0.4 is 15.5 Å². The summed E-state index contributed by atoms with van der Waals surface area (Å²) in [7, 11) is 3.98. The normalized spacial score (nSPS) is 10.2. The molecule has 2 aromatic heterocycles. The van der Waals surface area contributed by atoms with Gasteiger partial charge in [-0.25, -0.2) is 0 Å². The van der Waals surface area contributed by atoms with Crippen LogP contribution in [0.1, 0.15) is 16.2 Å². The molecule has 26 heavy (non-hydrogen) atoms. The maximum atomic E-state index is 12.1. The van der Waals surface area contributed by atoms with E-state index < -0.39 is 0 Å². The van der Waals surface area contributed by atoms with E-state index in [2.05, 4.69) is 25.8 Å². The van der Waals surface area contributed by atoms with E-state index >= 15 is 0 Å². The highest BCUT2D eigenvalue weighted by Crippen LogP contribution is 2.18. The van der Waals surface area contributed by atoms with Gasteiger partial charge in [0.2, 0.25) is 0 Å². The van der Waals surface area contributed by atoms with E-state index in [4.69, 9.17) is 0 Å². The van der Waals surface area contributed by atoms with E-state index in [0.29, 0.717) is 12.4 Å². The van der Waals surface area contributed by atoms with Gasteiger partial charge in [-0.05, 0) is 48.5 Å². The predicted molar refractivity (Wildman–Crippen MR) is 101 cm³/mol. The molecular weight excluding hydrogens is 328 g/mol. The van der Waals surface area contributed by atoms with Gasteiger partial charge in [-0.15, -0.1) is 10.2 Å². The van der Waals surface area contributed by atoms with Gasteiger partial charge in [0.25, 0.3) is 5.91 Å². The van der Waals surface area contributed by atoms with Crippen LogP contribution in [0.15, 0.2) is 60.8 Å². The highest BCUT2D eigenvalue weighted by atomic mass is 16.1. The summed E-state index contributed by atoms with van der Waals surface area (Å²) >= 11 is 0. The largest absolute Gasteiger partial charge is 0.378 e. The third kappa shape index (κ3) is 4.54. The van der Waals surface area contributed by atoms with Crippen molar-refractivity contribution < 1.29 is 4.79 Å². The molecule has 0 atom stereocenters. The predicted octanol–water partition coefficient (Wildman–Crippen LogP) is 2.61. The van der Waals surface area contributed by atoms with E-state index in [9.17, 15) is 4.79 Å². The van der Waals surface area contributed by atoms with Crippen LogP contribution in [-0.4, -0.2) is 35.2 Å². The molecule has 1 amide bonds. The molecule has 132 valence electrons. The van der Waals surface area contributed by atoms with Crippen LogP contribution >= 0.6 is 0 Å². The van der Waals surface area contributed by atoms with E-state index in [0.717, 1.165) is 17.1 Å². The summed E-state index contributed by atoms with van der Waals surface area (Å²) in [6.45, 7) is 0.347. The Morgan fingerprint density at radius 1 is 1.00 bits per heavy atom. The SMILES string of the molecule is CN(C)c1ccc(Nc2ccc(C(=O)NCc3ccccn3)nn2)cc1. The first kappa shape index (κ1) is 17.3. The van der Waals surface area contributed by atoms with Crippen LogP contribution in [-0.2, 0) is 6.54 Å². The number of benzene rings is 1. The Balaban J connectivity index is 1.58. The molecule has 0 radical (unpaired) electrons. The molecule has 0 saturated carbocycles. The van der Waals surface area contributed by atoms with Gasteiger partial charge in [0.15, 0.2) is 11.5 Å². The van der Waals surface area contributed by atoms with Crippen molar-refractivity contribution in [3.63, 3.8) is 0 Å². The molecule has 0 aliphatic carbocycles. The van der Waals surface area contributed by atoms with Gasteiger partial charge in [-0.1, -0.05) is 6.07 Å². The Morgan fingerprint density at radius 3 is 2.42 bits per heavy atom. The first-order chi connectivity index (χ1) is 12.6. The van der Waals surface area contributed by atoms with Gasteiger partial charge in [0.1, 0.15) is 0 Å². The minimum absolute atomic E-state index is 0.259. The van der Waals surface area contributed by atoms with Crippen LogP contribution in [0.25, 0.3) is 0 Å². The van der Waals surface area contributed by atoms with Crippen LogP contribution in [0, 0.1) is 0 Å². The summed E-state index contributed by atoms with van der Waals surface area (Å²) < 4.78 is 0. The van der Waals surface area contributed by atoms with Crippen LogP contribution in [0.3, 0.4) is 0 Å². The third-order valence-electron chi connectivity index (χ3n) is 3.71. The zero-order chi connectivity index (χ0) is 18.4. The lowest BCUT2D eigenvalue weighted by Gasteiger charge is -2.13. The molecule has 0 saturated heterocycles. The molecule has 0 bridgehead atoms. The molecule has 0 aliphatic rings. The lowest BCUT2D eigenvalue weighted by molar-refractivity contribution is 0.0944. The summed E-state index contributed by atoms with van der Waals surface area (Å²) in [6, 6.07) is 16.9. The summed E-state index contributed by atoms with van der Waals surface area (Å²) in [5.41, 5.74) is 3.06. The quantitative estimate of drug-likeness (QED) is 0.712. The second-order valence-electron chi connectivity index (χ2n) is 5.87. The first-order valence-electron chi connectivity index (χ1n) is 8.18. The van der Waals surface area contributed by atoms with E-state index in [1.165, 1.54) is 0 Å². The Labute approximate surface area is 152 Å². The maximum Gasteiger partial charge on any atom is 0.272 e. The van der Waals surface area contributed by atoms with Crippen molar-refractivity contribution in [3.8, 4) is 0 Å². The van der Waals surface area contributed by atoms with E-state index in [1.54, 1.807) is 18.3 Å². The molecule has 7 nitrogen and oxygen atoms in total. The number of rotatable bonds is 6. The van der Waals surface area contributed by atoms with Crippen molar-refractivity contribution in [2.45, 2.75) is 6.54 Å². The topological polar surface area (TPSA) is 83.0 Å². The molecule has 3 rings (SSSR count). The second kappa shape index (κ2) is 8.06. The van der Waals surface area contributed by atoms with Crippen molar-refractivity contribution in [3.05, 3.63) is 72.2 Å². The molecule has 0 unspecified atom stereocenters. The molecule has 3 aromatic rings. The average molecular weight is 348 g/mol. The van der Waals surface area contributed by atoms with Gasteiger partial charge >= 0.3 is 0 Å². The molecule has 2 heterocycles. The number of carbonyl (C=O) groups excluding carboxylic acids is 1. The molecular formula is C19H20N6O. The number of hydrogen-bond donors (Lipinski definition) is 2. The fourth-order valence-electron chi connectivity index (χ4n) is 2.27. The smallest absolute Gasteiger partial charge is 0.272 e. The van der Waals surface area contributed by atoms with Crippen LogP contribution in [0.4, 0.5) is 17.2 Å². The van der Waals surface area contributed by atoms with Crippen molar-refractivity contribution in [2.24, 2.45) is 0 Å². The lowest BCUT2D eigenvalue weighted by atomic mass is 10.2. The Bertz CT molecular complexity index is 847. The van der Waals surface area contributed by atoms with Crippen LogP contribution in [0.2, 0.25) is 0 Å². The summed E-state index contributed by atoms with van der Waals surface area (Å²) in [5, 5.41) is 14.0. The third-order valence-corrected chi connectivity index (χ3v) is 3.71. The molecule has 0 aliphatic heterocycles. The standard InChI is InChI=1S/C19H20N6O/c1-25(2)16-8-6-14(7-9-16)22-18-11-10-17(23-24-18)19(26)21-13-15-5-3-4-12-20-15/h3-12H,13H2,1-2H3,(H,21,26)(H,22,24). The summed E-state index contributed by atoms with van der Waals surface area (Å²) in [6.07, 6.45) is 1.69. The van der Waals surface area contributed by atoms with Gasteiger partial charge in [-0.2, -0.15) is 0 Å². The van der Waals surface area contributed by atoms with Gasteiger partial charge in [0.05, 0.1) is 12.2 Å². The number of aromatic nitrogens is 3. The zero-order valence-electron chi connectivity index (χ0n) is 14.7. The Kier molecular flexibility index (Phi) is 5.38. The number of anilines is 3. The number of nitrogens with one attached hydrogen (secondary N) is 2. The maximum absolute atomic E-state index is 12.1. The van der Waals surface area contributed by atoms with Crippen molar-refractivity contribution in [1.82, 2.24) is 20.5 Å². The van der Waals surface area contributed by atoms with Crippen molar-refractivity contribution >= 4 is 23.1 Å². The molecule has 1 aromatic carbocycles. The summed E-state index contributed by atoms with van der Waals surface area (Å²) in [4.78, 5) is 18.3. The highest BCUT2D eigenvalue weighted by molar-refractivity contribution is 5.92. The number of pyridine rings is 1. The lowest BCUT2D eigenvalue weighted by Crippen LogP contribution is -2.24. The summed E-state index contributed by atoms with van der Waals surface area (Å²) in [5.74, 6) is 0.286. The number of carbonyl (C=O) groups is 1. The van der Waals surface area contributed by atoms with Crippen LogP contribution in [0.5, 0.6) is 0 Å². The number of nitrogens with zero attached hydrogens (tertiary/aromatic N) is 4. The number of amides is 1. The van der Waals surface area contributed by atoms with E-state index in [1.807, 2.05) is 61.5 Å². The first-order valence-corrected chi connectivity index (χ1v) is 8.18. The van der Waals surface area contributed by atoms with Gasteiger partial charge in [-0.3, -0.25) is 9.78 Å². The molecule has 0 spiro atoms. The minimum atomic E-state index is -0.287. The zero-order valence-corrected chi connectivity index (χ0v) is 14.7. The van der Waals surface area contributed by atoms with Gasteiger partial charge < -0.3 is 15.5 Å². The monoisotopic (exact) mass is 348 g/mol. The molecule has 0 fully saturated rings. The Hall–Kier alpha value is -3.48.